The van der Waals surface area contributed by atoms with Crippen molar-refractivity contribution in [3.8, 4) is 23.0 Å². The van der Waals surface area contributed by atoms with Crippen molar-refractivity contribution in [3.05, 3.63) is 76.4 Å². The van der Waals surface area contributed by atoms with Gasteiger partial charge < -0.3 is 29.9 Å². The second kappa shape index (κ2) is 13.7. The largest absolute Gasteiger partial charge is 0.504 e. The van der Waals surface area contributed by atoms with Gasteiger partial charge in [0.1, 0.15) is 12.1 Å². The molecule has 0 unspecified atom stereocenters. The summed E-state index contributed by atoms with van der Waals surface area (Å²) in [6.07, 6.45) is 1.10. The van der Waals surface area contributed by atoms with Crippen LogP contribution >= 0.6 is 0 Å². The van der Waals surface area contributed by atoms with Crippen LogP contribution in [0.25, 0.3) is 11.3 Å². The maximum absolute atomic E-state index is 14.1. The Balaban J connectivity index is 0.826. The maximum Gasteiger partial charge on any atom is 0.317 e. The van der Waals surface area contributed by atoms with Crippen LogP contribution in [-0.2, 0) is 22.7 Å². The topological polar surface area (TPSA) is 169 Å². The SMILES string of the molecule is Cc1nc(O[C@H]2CN3c4cc(-c5cccc(F)c5O)nnc4NC[C@@]3(C)C2)nc(C)c1CN1CCN(c2ccc3c(c2)C(=O)N([C@H]2CCC(=O)NC2=O)C3)CC1. The molecule has 3 fully saturated rings. The van der Waals surface area contributed by atoms with Gasteiger partial charge in [-0.2, -0.15) is 0 Å². The van der Waals surface area contributed by atoms with Crippen molar-refractivity contribution in [2.75, 3.05) is 54.4 Å². The number of carbonyl (C=O) groups is 3. The molecule has 0 aliphatic carbocycles. The number of nitrogens with zero attached hydrogens (tertiary/aromatic N) is 8. The van der Waals surface area contributed by atoms with Crippen molar-refractivity contribution in [1.82, 2.24) is 35.3 Å². The molecule has 56 heavy (non-hydrogen) atoms. The van der Waals surface area contributed by atoms with Gasteiger partial charge in [-0.3, -0.25) is 24.6 Å². The number of piperazine rings is 1. The quantitative estimate of drug-likeness (QED) is 0.235. The molecule has 3 saturated heterocycles. The number of piperidine rings is 1. The Morgan fingerprint density at radius 1 is 1.00 bits per heavy atom. The second-order valence-corrected chi connectivity index (χ2v) is 15.7. The lowest BCUT2D eigenvalue weighted by Crippen LogP contribution is -2.52. The van der Waals surface area contributed by atoms with Crippen molar-refractivity contribution >= 4 is 34.9 Å². The number of benzene rings is 2. The van der Waals surface area contributed by atoms with E-state index in [0.29, 0.717) is 62.1 Å². The summed E-state index contributed by atoms with van der Waals surface area (Å²) in [5.74, 6) is -1.41. The van der Waals surface area contributed by atoms with Crippen LogP contribution in [0.5, 0.6) is 11.8 Å². The molecule has 7 heterocycles. The molecule has 3 N–H and O–H groups in total. The molecule has 4 aromatic rings. The van der Waals surface area contributed by atoms with Crippen molar-refractivity contribution in [3.63, 3.8) is 0 Å². The van der Waals surface area contributed by atoms with Gasteiger partial charge in [0.25, 0.3) is 5.91 Å². The first-order chi connectivity index (χ1) is 26.9. The highest BCUT2D eigenvalue weighted by atomic mass is 19.1. The van der Waals surface area contributed by atoms with E-state index >= 15 is 0 Å². The number of phenolic OH excluding ortho intramolecular Hbond substituents is 1. The predicted molar refractivity (Wildman–Crippen MR) is 204 cm³/mol. The Bertz CT molecular complexity index is 2260. The lowest BCUT2D eigenvalue weighted by atomic mass is 9.95. The lowest BCUT2D eigenvalue weighted by Gasteiger charge is -2.41. The zero-order valence-corrected chi connectivity index (χ0v) is 31.5. The number of halogens is 1. The Morgan fingerprint density at radius 3 is 2.55 bits per heavy atom. The zero-order chi connectivity index (χ0) is 38.9. The van der Waals surface area contributed by atoms with Crippen LogP contribution in [0.4, 0.5) is 21.6 Å². The molecule has 290 valence electrons. The molecule has 0 saturated carbocycles. The molecule has 16 heteroatoms. The standard InChI is InChI=1S/C40H43FN10O5/c1-22-29(20-48-11-13-49(14-12-48)25-8-7-24-18-50(38(55)28(24)15-25)32-9-10-34(52)45-37(32)54)23(2)44-39(43-22)56-26-17-40(3)21-42-36-33(51(40)19-26)16-31(46-47-36)27-5-4-6-30(41)35(27)53/h4-8,15-16,26,32,53H,9-14,17-21H2,1-3H3,(H,42,47)(H,45,52,54)/t26-,32+,40-/m1/s1. The smallest absolute Gasteiger partial charge is 0.317 e. The van der Waals surface area contributed by atoms with Crippen LogP contribution in [0, 0.1) is 19.7 Å². The number of aryl methyl sites for hydroxylation is 2. The Labute approximate surface area is 322 Å². The van der Waals surface area contributed by atoms with Crippen molar-refractivity contribution < 1.29 is 28.6 Å². The average Bonchev–Trinajstić information content (AvgIpc) is 3.69. The van der Waals surface area contributed by atoms with E-state index in [4.69, 9.17) is 14.7 Å². The van der Waals surface area contributed by atoms with Gasteiger partial charge in [0.2, 0.25) is 11.8 Å². The fourth-order valence-corrected chi connectivity index (χ4v) is 8.83. The number of amides is 3. The van der Waals surface area contributed by atoms with E-state index in [-0.39, 0.29) is 35.4 Å². The summed E-state index contributed by atoms with van der Waals surface area (Å²) in [7, 11) is 0. The van der Waals surface area contributed by atoms with Crippen LogP contribution < -0.4 is 25.2 Å². The van der Waals surface area contributed by atoms with E-state index in [1.54, 1.807) is 11.0 Å². The molecule has 0 spiro atoms. The van der Waals surface area contributed by atoms with Gasteiger partial charge in [-0.15, -0.1) is 10.2 Å². The first kappa shape index (κ1) is 35.8. The molecule has 3 amide bonds. The molecule has 5 aliphatic rings. The third kappa shape index (κ3) is 6.30. The number of fused-ring (bicyclic) bond motifs is 4. The summed E-state index contributed by atoms with van der Waals surface area (Å²) >= 11 is 0. The number of rotatable bonds is 7. The highest BCUT2D eigenvalue weighted by Crippen LogP contribution is 2.44. The second-order valence-electron chi connectivity index (χ2n) is 15.7. The van der Waals surface area contributed by atoms with Gasteiger partial charge in [-0.1, -0.05) is 12.1 Å². The molecule has 9 rings (SSSR count). The first-order valence-electron chi connectivity index (χ1n) is 19.1. The van der Waals surface area contributed by atoms with Crippen LogP contribution in [0.3, 0.4) is 0 Å². The van der Waals surface area contributed by atoms with Crippen LogP contribution in [0.1, 0.15) is 59.1 Å². The molecular weight excluding hydrogens is 720 g/mol. The molecule has 0 bridgehead atoms. The molecule has 5 aliphatic heterocycles. The number of carbonyl (C=O) groups excluding carboxylic acids is 3. The van der Waals surface area contributed by atoms with Crippen molar-refractivity contribution in [2.24, 2.45) is 0 Å². The molecule has 2 aromatic heterocycles. The third-order valence-corrected chi connectivity index (χ3v) is 12.0. The summed E-state index contributed by atoms with van der Waals surface area (Å²) in [4.78, 5) is 55.6. The van der Waals surface area contributed by atoms with Gasteiger partial charge in [0.05, 0.1) is 23.5 Å². The number of para-hydroxylation sites is 1. The summed E-state index contributed by atoms with van der Waals surface area (Å²) in [5.41, 5.74) is 6.49. The maximum atomic E-state index is 14.1. The number of hydrogen-bond acceptors (Lipinski definition) is 13. The number of imide groups is 1. The minimum Gasteiger partial charge on any atom is -0.504 e. The average molecular weight is 763 g/mol. The minimum atomic E-state index is -0.715. The van der Waals surface area contributed by atoms with E-state index in [1.807, 2.05) is 38.1 Å². The van der Waals surface area contributed by atoms with E-state index in [1.165, 1.54) is 12.1 Å². The number of aromatic hydroxyl groups is 1. The number of nitrogens with one attached hydrogen (secondary N) is 2. The number of aromatic nitrogens is 4. The fraction of sp³-hybridized carbons (Fsp3) is 0.425. The molecule has 0 radical (unpaired) electrons. The summed E-state index contributed by atoms with van der Waals surface area (Å²) in [6, 6.07) is 11.9. The van der Waals surface area contributed by atoms with E-state index < -0.39 is 23.5 Å². The molecule has 3 atom stereocenters. The molecule has 15 nitrogen and oxygen atoms in total. The minimum absolute atomic E-state index is 0.165. The Kier molecular flexibility index (Phi) is 8.75. The van der Waals surface area contributed by atoms with Crippen molar-refractivity contribution in [2.45, 2.75) is 70.8 Å². The first-order valence-corrected chi connectivity index (χ1v) is 19.1. The molecule has 2 aromatic carbocycles. The fourth-order valence-electron chi connectivity index (χ4n) is 8.83. The number of hydrogen-bond donors (Lipinski definition) is 3. The van der Waals surface area contributed by atoms with Crippen LogP contribution in [0.2, 0.25) is 0 Å². The van der Waals surface area contributed by atoms with Crippen molar-refractivity contribution in [1.29, 1.82) is 0 Å². The molecular formula is C40H43FN10O5. The predicted octanol–water partition coefficient (Wildman–Crippen LogP) is 3.32. The highest BCUT2D eigenvalue weighted by Gasteiger charge is 2.47. The van der Waals surface area contributed by atoms with Gasteiger partial charge in [-0.05, 0) is 63.1 Å². The van der Waals surface area contributed by atoms with Crippen LogP contribution in [-0.4, -0.2) is 110 Å². The van der Waals surface area contributed by atoms with E-state index in [9.17, 15) is 23.9 Å². The number of anilines is 3. The van der Waals surface area contributed by atoms with Gasteiger partial charge in [-0.25, -0.2) is 14.4 Å². The van der Waals surface area contributed by atoms with E-state index in [2.05, 4.69) is 42.5 Å². The summed E-state index contributed by atoms with van der Waals surface area (Å²) in [6.45, 7) is 11.6. The van der Waals surface area contributed by atoms with Gasteiger partial charge in [0.15, 0.2) is 17.4 Å². The van der Waals surface area contributed by atoms with Gasteiger partial charge >= 0.3 is 6.01 Å². The Morgan fingerprint density at radius 2 is 1.79 bits per heavy atom. The summed E-state index contributed by atoms with van der Waals surface area (Å²) in [5, 5.41) is 24.7. The number of ether oxygens (including phenoxy) is 1. The monoisotopic (exact) mass is 762 g/mol. The Hall–Kier alpha value is -5.90. The number of phenols is 1. The third-order valence-electron chi connectivity index (χ3n) is 12.0. The van der Waals surface area contributed by atoms with Gasteiger partial charge in [0, 0.05) is 92.4 Å². The van der Waals surface area contributed by atoms with Crippen LogP contribution in [0.15, 0.2) is 42.5 Å². The summed E-state index contributed by atoms with van der Waals surface area (Å²) < 4.78 is 20.6. The lowest BCUT2D eigenvalue weighted by molar-refractivity contribution is -0.136. The normalized spacial score (nSPS) is 23.4. The van der Waals surface area contributed by atoms with E-state index in [0.717, 1.165) is 60.1 Å². The highest BCUT2D eigenvalue weighted by molar-refractivity contribution is 6.05. The zero-order valence-electron chi connectivity index (χ0n) is 31.5.